The summed E-state index contributed by atoms with van der Waals surface area (Å²) < 4.78 is 19.5. The molecule has 1 heterocycles. The van der Waals surface area contributed by atoms with Gasteiger partial charge in [-0.05, 0) is 26.0 Å². The van der Waals surface area contributed by atoms with Crippen molar-refractivity contribution in [3.63, 3.8) is 0 Å². The largest absolute Gasteiger partial charge is 0.394 e. The number of rotatable bonds is 3. The molecule has 1 aliphatic heterocycles. The number of ether oxygens (including phenoxy) is 1. The van der Waals surface area contributed by atoms with E-state index in [9.17, 15) is 9.50 Å². The van der Waals surface area contributed by atoms with Gasteiger partial charge in [0, 0.05) is 30.4 Å². The molecule has 5 heteroatoms. The first-order chi connectivity index (χ1) is 9.02. The molecule has 0 bridgehead atoms. The number of benzene rings is 1. The molecule has 1 aromatic carbocycles. The topological polar surface area (TPSA) is 58.7 Å². The van der Waals surface area contributed by atoms with E-state index in [2.05, 4.69) is 0 Å². The summed E-state index contributed by atoms with van der Waals surface area (Å²) in [5.74, 6) is -0.285. The molecule has 19 heavy (non-hydrogen) atoms. The molecule has 1 aromatic rings. The summed E-state index contributed by atoms with van der Waals surface area (Å²) >= 11 is 0. The van der Waals surface area contributed by atoms with Gasteiger partial charge < -0.3 is 20.5 Å². The smallest absolute Gasteiger partial charge is 0.130 e. The molecule has 0 aromatic heterocycles. The van der Waals surface area contributed by atoms with Crippen LogP contribution in [0.5, 0.6) is 0 Å². The Morgan fingerprint density at radius 3 is 2.89 bits per heavy atom. The Balaban J connectivity index is 2.33. The number of aliphatic hydroxyl groups is 1. The molecule has 1 saturated heterocycles. The van der Waals surface area contributed by atoms with Gasteiger partial charge in [0.2, 0.25) is 0 Å². The van der Waals surface area contributed by atoms with Crippen molar-refractivity contribution in [3.05, 3.63) is 29.6 Å². The van der Waals surface area contributed by atoms with Crippen molar-refractivity contribution < 1.29 is 14.2 Å². The van der Waals surface area contributed by atoms with Gasteiger partial charge in [-0.2, -0.15) is 0 Å². The van der Waals surface area contributed by atoms with Crippen LogP contribution in [0.2, 0.25) is 0 Å². The number of anilines is 1. The fourth-order valence-electron chi connectivity index (χ4n) is 2.59. The fourth-order valence-corrected chi connectivity index (χ4v) is 2.59. The third kappa shape index (κ3) is 3.05. The van der Waals surface area contributed by atoms with Crippen molar-refractivity contribution in [1.82, 2.24) is 0 Å². The first-order valence-corrected chi connectivity index (χ1v) is 6.58. The lowest BCUT2D eigenvalue weighted by Gasteiger charge is -2.38. The quantitative estimate of drug-likeness (QED) is 0.870. The summed E-state index contributed by atoms with van der Waals surface area (Å²) in [6.45, 7) is 4.89. The molecule has 0 saturated carbocycles. The molecule has 3 atom stereocenters. The second-order valence-corrected chi connectivity index (χ2v) is 5.12. The van der Waals surface area contributed by atoms with Gasteiger partial charge in [-0.15, -0.1) is 0 Å². The van der Waals surface area contributed by atoms with Gasteiger partial charge in [0.15, 0.2) is 0 Å². The SMILES string of the molecule is CC1CN(c2cccc(F)c2C(C)N)CC(CO)O1. The first kappa shape index (κ1) is 14.2. The van der Waals surface area contributed by atoms with Crippen molar-refractivity contribution in [2.24, 2.45) is 5.73 Å². The van der Waals surface area contributed by atoms with Crippen LogP contribution >= 0.6 is 0 Å². The second kappa shape index (κ2) is 5.86. The summed E-state index contributed by atoms with van der Waals surface area (Å²) in [6, 6.07) is 4.61. The monoisotopic (exact) mass is 268 g/mol. The van der Waals surface area contributed by atoms with Crippen molar-refractivity contribution in [2.75, 3.05) is 24.6 Å². The van der Waals surface area contributed by atoms with Crippen LogP contribution in [-0.2, 0) is 4.74 Å². The number of aliphatic hydroxyl groups excluding tert-OH is 1. The minimum absolute atomic E-state index is 0.00454. The summed E-state index contributed by atoms with van der Waals surface area (Å²) in [5, 5.41) is 9.26. The van der Waals surface area contributed by atoms with E-state index < -0.39 is 0 Å². The van der Waals surface area contributed by atoms with E-state index in [1.807, 2.05) is 17.9 Å². The van der Waals surface area contributed by atoms with Crippen LogP contribution < -0.4 is 10.6 Å². The minimum Gasteiger partial charge on any atom is -0.394 e. The van der Waals surface area contributed by atoms with Crippen LogP contribution in [-0.4, -0.2) is 37.0 Å². The van der Waals surface area contributed by atoms with E-state index in [1.165, 1.54) is 6.07 Å². The molecule has 2 rings (SSSR count). The molecule has 3 N–H and O–H groups in total. The molecule has 0 radical (unpaired) electrons. The Kier molecular flexibility index (Phi) is 4.39. The van der Waals surface area contributed by atoms with Gasteiger partial charge in [-0.1, -0.05) is 6.07 Å². The van der Waals surface area contributed by atoms with Crippen LogP contribution in [0.25, 0.3) is 0 Å². The lowest BCUT2D eigenvalue weighted by molar-refractivity contribution is -0.0421. The highest BCUT2D eigenvalue weighted by Gasteiger charge is 2.27. The van der Waals surface area contributed by atoms with Gasteiger partial charge in [0.1, 0.15) is 5.82 Å². The zero-order valence-electron chi connectivity index (χ0n) is 11.3. The molecule has 0 spiro atoms. The van der Waals surface area contributed by atoms with Crippen molar-refractivity contribution in [1.29, 1.82) is 0 Å². The fraction of sp³-hybridized carbons (Fsp3) is 0.571. The minimum atomic E-state index is -0.373. The Bertz CT molecular complexity index is 439. The number of nitrogens with two attached hydrogens (primary N) is 1. The lowest BCUT2D eigenvalue weighted by atomic mass is 10.0. The van der Waals surface area contributed by atoms with Crippen molar-refractivity contribution >= 4 is 5.69 Å². The summed E-state index contributed by atoms with van der Waals surface area (Å²) in [4.78, 5) is 2.04. The van der Waals surface area contributed by atoms with E-state index in [1.54, 1.807) is 13.0 Å². The Morgan fingerprint density at radius 2 is 2.26 bits per heavy atom. The zero-order chi connectivity index (χ0) is 14.0. The molecule has 1 aliphatic rings. The van der Waals surface area contributed by atoms with Crippen molar-refractivity contribution in [3.8, 4) is 0 Å². The maximum Gasteiger partial charge on any atom is 0.130 e. The molecule has 4 nitrogen and oxygen atoms in total. The predicted molar refractivity (Wildman–Crippen MR) is 72.6 cm³/mol. The Labute approximate surface area is 113 Å². The molecule has 106 valence electrons. The predicted octanol–water partition coefficient (Wildman–Crippen LogP) is 1.43. The van der Waals surface area contributed by atoms with Gasteiger partial charge >= 0.3 is 0 Å². The van der Waals surface area contributed by atoms with Gasteiger partial charge in [-0.3, -0.25) is 0 Å². The van der Waals surface area contributed by atoms with Crippen LogP contribution in [0, 0.1) is 5.82 Å². The highest BCUT2D eigenvalue weighted by molar-refractivity contribution is 5.56. The number of nitrogens with zero attached hydrogens (tertiary/aromatic N) is 1. The Hall–Kier alpha value is -1.17. The summed E-state index contributed by atoms with van der Waals surface area (Å²) in [6.07, 6.45) is -0.247. The van der Waals surface area contributed by atoms with Gasteiger partial charge in [0.25, 0.3) is 0 Å². The van der Waals surface area contributed by atoms with Crippen LogP contribution in [0.3, 0.4) is 0 Å². The molecular formula is C14H21FN2O2. The van der Waals surface area contributed by atoms with Crippen LogP contribution in [0.4, 0.5) is 10.1 Å². The molecule has 3 unspecified atom stereocenters. The highest BCUT2D eigenvalue weighted by Crippen LogP contribution is 2.30. The maximum absolute atomic E-state index is 13.9. The average molecular weight is 268 g/mol. The number of morpholine rings is 1. The Morgan fingerprint density at radius 1 is 1.53 bits per heavy atom. The van der Waals surface area contributed by atoms with Crippen LogP contribution in [0.15, 0.2) is 18.2 Å². The standard InChI is InChI=1S/C14H21FN2O2/c1-9-6-17(7-11(8-18)19-9)13-5-3-4-12(15)14(13)10(2)16/h3-5,9-11,18H,6-8,16H2,1-2H3. The van der Waals surface area contributed by atoms with Crippen LogP contribution in [0.1, 0.15) is 25.5 Å². The normalized spacial score (nSPS) is 25.4. The van der Waals surface area contributed by atoms with E-state index >= 15 is 0 Å². The highest BCUT2D eigenvalue weighted by atomic mass is 19.1. The second-order valence-electron chi connectivity index (χ2n) is 5.12. The first-order valence-electron chi connectivity index (χ1n) is 6.58. The van der Waals surface area contributed by atoms with E-state index in [0.717, 1.165) is 5.69 Å². The van der Waals surface area contributed by atoms with E-state index in [4.69, 9.17) is 10.5 Å². The van der Waals surface area contributed by atoms with E-state index in [-0.39, 0.29) is 30.7 Å². The third-order valence-electron chi connectivity index (χ3n) is 3.36. The lowest BCUT2D eigenvalue weighted by Crippen LogP contribution is -2.48. The number of hydrogen-bond acceptors (Lipinski definition) is 4. The summed E-state index contributed by atoms with van der Waals surface area (Å²) in [7, 11) is 0. The molecule has 1 fully saturated rings. The number of halogens is 1. The molecule has 0 amide bonds. The third-order valence-corrected chi connectivity index (χ3v) is 3.36. The van der Waals surface area contributed by atoms with E-state index in [0.29, 0.717) is 18.7 Å². The van der Waals surface area contributed by atoms with Gasteiger partial charge in [0.05, 0.1) is 18.8 Å². The average Bonchev–Trinajstić information content (AvgIpc) is 2.37. The van der Waals surface area contributed by atoms with Crippen molar-refractivity contribution in [2.45, 2.75) is 32.1 Å². The maximum atomic E-state index is 13.9. The zero-order valence-corrected chi connectivity index (χ0v) is 11.3. The molecular weight excluding hydrogens is 247 g/mol. The van der Waals surface area contributed by atoms with Gasteiger partial charge in [-0.25, -0.2) is 4.39 Å². The summed E-state index contributed by atoms with van der Waals surface area (Å²) in [5.41, 5.74) is 7.19. The molecule has 0 aliphatic carbocycles. The number of hydrogen-bond donors (Lipinski definition) is 2.